The van der Waals surface area contributed by atoms with E-state index in [-0.39, 0.29) is 10.5 Å². The van der Waals surface area contributed by atoms with Crippen molar-refractivity contribution in [2.75, 3.05) is 0 Å². The summed E-state index contributed by atoms with van der Waals surface area (Å²) in [4.78, 5) is 10.6. The van der Waals surface area contributed by atoms with E-state index < -0.39 is 0 Å². The molecule has 1 aromatic heterocycles. The van der Waals surface area contributed by atoms with Gasteiger partial charge in [-0.15, -0.1) is 0 Å². The summed E-state index contributed by atoms with van der Waals surface area (Å²) in [5.74, 6) is 0. The molecule has 2 nitrogen and oxygen atoms in total. The third kappa shape index (κ3) is 1.47. The zero-order valence-electron chi connectivity index (χ0n) is 4.34. The highest BCUT2D eigenvalue weighted by Crippen LogP contribution is 1.99. The molecule has 4 heteroatoms. The molecule has 0 spiro atoms. The summed E-state index contributed by atoms with van der Waals surface area (Å²) in [5.41, 5.74) is -0.214. The number of hydrogen-bond acceptors (Lipinski definition) is 1. The van der Waals surface area contributed by atoms with Gasteiger partial charge < -0.3 is 0 Å². The van der Waals surface area contributed by atoms with Crippen molar-refractivity contribution >= 4 is 23.4 Å². The lowest BCUT2D eigenvalue weighted by atomic mass is 10.5. The zero-order chi connectivity index (χ0) is 6.85. The fourth-order valence-corrected chi connectivity index (χ4v) is 0.805. The van der Waals surface area contributed by atoms with E-state index in [9.17, 15) is 4.79 Å². The Morgan fingerprint density at radius 3 is 2.67 bits per heavy atom. The summed E-state index contributed by atoms with van der Waals surface area (Å²) >= 11 is 10.8. The number of halogens is 2. The van der Waals surface area contributed by atoms with Gasteiger partial charge in [0.15, 0.2) is 5.43 Å². The van der Waals surface area contributed by atoms with Crippen LogP contribution < -0.4 is 5.43 Å². The third-order valence-electron chi connectivity index (χ3n) is 0.840. The molecule has 0 saturated carbocycles. The molecule has 0 amide bonds. The standard InChI is InChI=1S/C5H3Cl2NO/c6-4-3-8(7)2-1-5(4)9/h1-3H. The second kappa shape index (κ2) is 2.42. The molecule has 0 bridgehead atoms. The molecule has 9 heavy (non-hydrogen) atoms. The van der Waals surface area contributed by atoms with Crippen LogP contribution >= 0.6 is 23.4 Å². The predicted octanol–water partition coefficient (Wildman–Crippen LogP) is 1.50. The van der Waals surface area contributed by atoms with Crippen molar-refractivity contribution < 1.29 is 0 Å². The van der Waals surface area contributed by atoms with E-state index >= 15 is 0 Å². The number of aromatic nitrogens is 1. The van der Waals surface area contributed by atoms with Crippen LogP contribution in [0, 0.1) is 0 Å². The summed E-state index contributed by atoms with van der Waals surface area (Å²) in [5, 5.41) is 0.132. The molecule has 0 atom stereocenters. The summed E-state index contributed by atoms with van der Waals surface area (Å²) in [6.45, 7) is 0. The molecule has 0 N–H and O–H groups in total. The van der Waals surface area contributed by atoms with Gasteiger partial charge in [-0.25, -0.2) is 0 Å². The Labute approximate surface area is 61.7 Å². The highest BCUT2D eigenvalue weighted by Gasteiger charge is 1.91. The van der Waals surface area contributed by atoms with Gasteiger partial charge in [-0.1, -0.05) is 11.6 Å². The average molecular weight is 164 g/mol. The minimum absolute atomic E-state index is 0.132. The largest absolute Gasteiger partial charge is 0.288 e. The van der Waals surface area contributed by atoms with Crippen LogP contribution in [0.5, 0.6) is 0 Å². The van der Waals surface area contributed by atoms with Crippen LogP contribution in [0.4, 0.5) is 0 Å². The Kier molecular flexibility index (Phi) is 1.78. The summed E-state index contributed by atoms with van der Waals surface area (Å²) < 4.78 is 1.20. The molecule has 0 saturated heterocycles. The van der Waals surface area contributed by atoms with E-state index in [1.807, 2.05) is 0 Å². The second-order valence-electron chi connectivity index (χ2n) is 1.50. The average Bonchev–Trinajstić information content (AvgIpc) is 1.80. The molecule has 0 aliphatic carbocycles. The summed E-state index contributed by atoms with van der Waals surface area (Å²) in [6, 6.07) is 1.30. The highest BCUT2D eigenvalue weighted by atomic mass is 35.5. The molecule has 1 heterocycles. The first-order chi connectivity index (χ1) is 4.20. The molecule has 0 aliphatic heterocycles. The van der Waals surface area contributed by atoms with E-state index in [0.717, 1.165) is 0 Å². The van der Waals surface area contributed by atoms with Crippen LogP contribution in [0.2, 0.25) is 5.02 Å². The maximum atomic E-state index is 10.6. The van der Waals surface area contributed by atoms with E-state index in [2.05, 4.69) is 0 Å². The summed E-state index contributed by atoms with van der Waals surface area (Å²) in [6.07, 6.45) is 2.77. The Balaban J connectivity index is 3.34. The number of pyridine rings is 1. The van der Waals surface area contributed by atoms with Gasteiger partial charge in [-0.05, 0) is 0 Å². The smallest absolute Gasteiger partial charge is 0.200 e. The molecule has 1 aromatic rings. The Morgan fingerprint density at radius 2 is 2.22 bits per heavy atom. The van der Waals surface area contributed by atoms with Gasteiger partial charge in [-0.2, -0.15) is 0 Å². The van der Waals surface area contributed by atoms with Crippen molar-refractivity contribution in [1.29, 1.82) is 0 Å². The van der Waals surface area contributed by atoms with Crippen molar-refractivity contribution in [1.82, 2.24) is 4.09 Å². The van der Waals surface area contributed by atoms with Gasteiger partial charge in [0.2, 0.25) is 0 Å². The second-order valence-corrected chi connectivity index (χ2v) is 2.30. The SMILES string of the molecule is O=c1ccn(Cl)cc1Cl. The van der Waals surface area contributed by atoms with Crippen molar-refractivity contribution in [2.45, 2.75) is 0 Å². The lowest BCUT2D eigenvalue weighted by molar-refractivity contribution is 1.19. The Morgan fingerprint density at radius 1 is 1.56 bits per heavy atom. The monoisotopic (exact) mass is 163 g/mol. The van der Waals surface area contributed by atoms with Gasteiger partial charge in [-0.3, -0.25) is 8.88 Å². The van der Waals surface area contributed by atoms with Crippen molar-refractivity contribution in [2.24, 2.45) is 0 Å². The van der Waals surface area contributed by atoms with Crippen LogP contribution in [-0.2, 0) is 0 Å². The first-order valence-corrected chi connectivity index (χ1v) is 2.96. The molecule has 0 aromatic carbocycles. The lowest BCUT2D eigenvalue weighted by Crippen LogP contribution is -1.99. The van der Waals surface area contributed by atoms with Crippen molar-refractivity contribution in [3.05, 3.63) is 33.7 Å². The van der Waals surface area contributed by atoms with Crippen LogP contribution in [0.25, 0.3) is 0 Å². The Bertz CT molecular complexity index is 268. The quantitative estimate of drug-likeness (QED) is 0.569. The fraction of sp³-hybridized carbons (Fsp3) is 0. The summed E-state index contributed by atoms with van der Waals surface area (Å²) in [7, 11) is 0. The van der Waals surface area contributed by atoms with Crippen molar-refractivity contribution in [3.8, 4) is 0 Å². The van der Waals surface area contributed by atoms with Crippen molar-refractivity contribution in [3.63, 3.8) is 0 Å². The van der Waals surface area contributed by atoms with Crippen LogP contribution in [0.15, 0.2) is 23.3 Å². The Hall–Kier alpha value is -0.470. The molecule has 0 aliphatic rings. The van der Waals surface area contributed by atoms with Gasteiger partial charge >= 0.3 is 0 Å². The molecule has 48 valence electrons. The van der Waals surface area contributed by atoms with Crippen LogP contribution in [-0.4, -0.2) is 4.09 Å². The van der Waals surface area contributed by atoms with E-state index in [1.165, 1.54) is 22.5 Å². The van der Waals surface area contributed by atoms with Crippen LogP contribution in [0.3, 0.4) is 0 Å². The van der Waals surface area contributed by atoms with E-state index in [0.29, 0.717) is 0 Å². The first-order valence-electron chi connectivity index (χ1n) is 2.24. The van der Waals surface area contributed by atoms with Gasteiger partial charge in [0.1, 0.15) is 5.02 Å². The fourth-order valence-electron chi connectivity index (χ4n) is 0.433. The van der Waals surface area contributed by atoms with Gasteiger partial charge in [0.05, 0.1) is 0 Å². The minimum Gasteiger partial charge on any atom is -0.288 e. The van der Waals surface area contributed by atoms with Gasteiger partial charge in [0.25, 0.3) is 0 Å². The molecular formula is C5H3Cl2NO. The molecule has 0 radical (unpaired) electrons. The lowest BCUT2D eigenvalue weighted by Gasteiger charge is -1.90. The molecular weight excluding hydrogens is 161 g/mol. The maximum absolute atomic E-state index is 10.6. The van der Waals surface area contributed by atoms with Gasteiger partial charge in [0, 0.05) is 30.2 Å². The zero-order valence-corrected chi connectivity index (χ0v) is 5.86. The minimum atomic E-state index is -0.214. The number of nitrogens with zero attached hydrogens (tertiary/aromatic N) is 1. The normalized spacial score (nSPS) is 9.56. The third-order valence-corrected chi connectivity index (χ3v) is 1.33. The predicted molar refractivity (Wildman–Crippen MR) is 37.0 cm³/mol. The highest BCUT2D eigenvalue weighted by molar-refractivity contribution is 6.30. The molecule has 1 rings (SSSR count). The maximum Gasteiger partial charge on any atom is 0.200 e. The molecule has 0 fully saturated rings. The van der Waals surface area contributed by atoms with E-state index in [1.54, 1.807) is 0 Å². The number of hydrogen-bond donors (Lipinski definition) is 0. The van der Waals surface area contributed by atoms with E-state index in [4.69, 9.17) is 23.4 Å². The topological polar surface area (TPSA) is 22.0 Å². The number of rotatable bonds is 0. The van der Waals surface area contributed by atoms with Crippen LogP contribution in [0.1, 0.15) is 0 Å². The first kappa shape index (κ1) is 6.65. The molecule has 0 unspecified atom stereocenters.